The second-order valence-corrected chi connectivity index (χ2v) is 12.0. The van der Waals surface area contributed by atoms with Crippen LogP contribution in [0.2, 0.25) is 0 Å². The lowest BCUT2D eigenvalue weighted by Crippen LogP contribution is -2.41. The summed E-state index contributed by atoms with van der Waals surface area (Å²) in [5, 5.41) is 0. The Hall–Kier alpha value is -5.60. The fourth-order valence-corrected chi connectivity index (χ4v) is 6.76. The van der Waals surface area contributed by atoms with Crippen molar-refractivity contribution >= 4 is 22.6 Å². The number of aromatic amines is 1. The van der Waals surface area contributed by atoms with Gasteiger partial charge in [0.15, 0.2) is 11.6 Å². The van der Waals surface area contributed by atoms with Crippen LogP contribution in [0.4, 0.5) is 0 Å². The summed E-state index contributed by atoms with van der Waals surface area (Å²) in [5.74, 6) is 1.10. The van der Waals surface area contributed by atoms with Gasteiger partial charge in [0, 0.05) is 48.7 Å². The molecule has 1 N–H and O–H groups in total. The molecule has 8 nitrogen and oxygen atoms in total. The predicted octanol–water partition coefficient (Wildman–Crippen LogP) is 7.27. The molecule has 0 fully saturated rings. The van der Waals surface area contributed by atoms with Crippen LogP contribution in [0.5, 0.6) is 11.5 Å². The number of fused-ring (bicyclic) bond motifs is 2. The average molecular weight is 638 g/mol. The zero-order valence-corrected chi connectivity index (χ0v) is 26.8. The molecule has 0 saturated carbocycles. The number of benzene rings is 4. The van der Waals surface area contributed by atoms with Gasteiger partial charge < -0.3 is 19.2 Å². The number of Topliss-reactive ketones (excluding diaryl/α,β-unsaturated/α-hetero) is 2. The SMILES string of the molecule is COCCC(c1ccccc1)c1nc2c(C3(Cc4ccncc4)C(=O)c4ccc(OCc5ccccc5)cc4C3=O)ccc(OC)c2[nH]1. The normalized spacial score (nSPS) is 16.2. The van der Waals surface area contributed by atoms with E-state index in [9.17, 15) is 9.59 Å². The first-order valence-corrected chi connectivity index (χ1v) is 15.9. The number of aromatic nitrogens is 3. The van der Waals surface area contributed by atoms with E-state index in [1.807, 2.05) is 66.7 Å². The monoisotopic (exact) mass is 637 g/mol. The zero-order valence-electron chi connectivity index (χ0n) is 26.8. The van der Waals surface area contributed by atoms with Crippen molar-refractivity contribution in [1.82, 2.24) is 15.0 Å². The van der Waals surface area contributed by atoms with Crippen molar-refractivity contribution < 1.29 is 23.8 Å². The van der Waals surface area contributed by atoms with Gasteiger partial charge in [-0.2, -0.15) is 0 Å². The first kappa shape index (κ1) is 31.0. The molecule has 6 aromatic rings. The Kier molecular flexibility index (Phi) is 8.57. The number of rotatable bonds is 12. The van der Waals surface area contributed by atoms with E-state index in [4.69, 9.17) is 19.2 Å². The number of hydrogen-bond acceptors (Lipinski definition) is 7. The Labute approximate surface area is 278 Å². The van der Waals surface area contributed by atoms with E-state index < -0.39 is 5.41 Å². The lowest BCUT2D eigenvalue weighted by Gasteiger charge is -2.27. The maximum absolute atomic E-state index is 14.9. The van der Waals surface area contributed by atoms with Gasteiger partial charge in [-0.25, -0.2) is 4.98 Å². The van der Waals surface area contributed by atoms with Crippen LogP contribution in [-0.2, 0) is 23.2 Å². The number of H-pyrrole nitrogens is 1. The van der Waals surface area contributed by atoms with Crippen molar-refractivity contribution in [2.45, 2.75) is 30.8 Å². The van der Waals surface area contributed by atoms with Crippen LogP contribution >= 0.6 is 0 Å². The van der Waals surface area contributed by atoms with Gasteiger partial charge in [0.2, 0.25) is 0 Å². The quantitative estimate of drug-likeness (QED) is 0.141. The van der Waals surface area contributed by atoms with Gasteiger partial charge >= 0.3 is 0 Å². The van der Waals surface area contributed by atoms with Crippen molar-refractivity contribution in [3.05, 3.63) is 155 Å². The summed E-state index contributed by atoms with van der Waals surface area (Å²) in [5.41, 5.74) is 3.67. The third-order valence-electron chi connectivity index (χ3n) is 9.17. The molecule has 48 heavy (non-hydrogen) atoms. The number of carbonyl (C=O) groups excluding carboxylic acids is 2. The molecule has 8 heteroatoms. The molecule has 2 aromatic heterocycles. The van der Waals surface area contributed by atoms with Crippen molar-refractivity contribution in [3.8, 4) is 11.5 Å². The molecule has 0 bridgehead atoms. The predicted molar refractivity (Wildman–Crippen MR) is 183 cm³/mol. The highest BCUT2D eigenvalue weighted by Crippen LogP contribution is 2.47. The van der Waals surface area contributed by atoms with Crippen LogP contribution in [0, 0.1) is 0 Å². The van der Waals surface area contributed by atoms with Crippen molar-refractivity contribution in [2.75, 3.05) is 20.8 Å². The number of nitrogens with zero attached hydrogens (tertiary/aromatic N) is 2. The van der Waals surface area contributed by atoms with E-state index in [0.717, 1.165) is 16.7 Å². The summed E-state index contributed by atoms with van der Waals surface area (Å²) in [6.07, 6.45) is 4.16. The minimum atomic E-state index is -1.58. The molecule has 0 spiro atoms. The molecule has 0 amide bonds. The maximum atomic E-state index is 14.9. The molecule has 2 unspecified atom stereocenters. The number of ether oxygens (including phenoxy) is 3. The van der Waals surface area contributed by atoms with Gasteiger partial charge in [0.25, 0.3) is 0 Å². The number of pyridine rings is 1. The van der Waals surface area contributed by atoms with Gasteiger partial charge in [-0.15, -0.1) is 0 Å². The van der Waals surface area contributed by atoms with Crippen LogP contribution < -0.4 is 9.47 Å². The molecule has 7 rings (SSSR count). The van der Waals surface area contributed by atoms with Crippen molar-refractivity contribution in [2.24, 2.45) is 0 Å². The van der Waals surface area contributed by atoms with Crippen LogP contribution in [-0.4, -0.2) is 47.3 Å². The molecule has 2 atom stereocenters. The van der Waals surface area contributed by atoms with E-state index in [2.05, 4.69) is 22.1 Å². The highest BCUT2D eigenvalue weighted by Gasteiger charge is 2.55. The fourth-order valence-electron chi connectivity index (χ4n) is 6.76. The Morgan fingerprint density at radius 2 is 1.52 bits per heavy atom. The zero-order chi connectivity index (χ0) is 33.1. The van der Waals surface area contributed by atoms with Gasteiger partial charge in [-0.1, -0.05) is 66.7 Å². The first-order valence-electron chi connectivity index (χ1n) is 15.9. The van der Waals surface area contributed by atoms with Crippen LogP contribution in [0.3, 0.4) is 0 Å². The maximum Gasteiger partial charge on any atom is 0.182 e. The number of imidazole rings is 1. The molecule has 2 heterocycles. The summed E-state index contributed by atoms with van der Waals surface area (Å²) in [6.45, 7) is 0.859. The third kappa shape index (κ3) is 5.54. The summed E-state index contributed by atoms with van der Waals surface area (Å²) < 4.78 is 17.3. The van der Waals surface area contributed by atoms with Gasteiger partial charge in [-0.3, -0.25) is 14.6 Å². The van der Waals surface area contributed by atoms with E-state index in [1.54, 1.807) is 50.9 Å². The minimum Gasteiger partial charge on any atom is -0.494 e. The Bertz CT molecular complexity index is 2080. The Morgan fingerprint density at radius 1 is 0.792 bits per heavy atom. The second-order valence-electron chi connectivity index (χ2n) is 12.0. The molecular weight excluding hydrogens is 602 g/mol. The third-order valence-corrected chi connectivity index (χ3v) is 9.17. The lowest BCUT2D eigenvalue weighted by atomic mass is 9.71. The number of hydrogen-bond donors (Lipinski definition) is 1. The number of ketones is 2. The topological polar surface area (TPSA) is 103 Å². The van der Waals surface area contributed by atoms with E-state index in [-0.39, 0.29) is 23.9 Å². The Morgan fingerprint density at radius 3 is 2.25 bits per heavy atom. The highest BCUT2D eigenvalue weighted by molar-refractivity contribution is 6.34. The summed E-state index contributed by atoms with van der Waals surface area (Å²) in [4.78, 5) is 42.5. The standard InChI is InChI=1S/C40H35N3O5/c1-46-22-19-30(28-11-7-4-8-12-28)39-42-35-33(15-16-34(47-2)36(35)43-39)40(24-26-17-20-41-21-18-26)37(44)31-14-13-29(23-32(31)38(40)45)48-25-27-9-5-3-6-10-27/h3-18,20-21,23,30H,19,22,24-25H2,1-2H3,(H,42,43). The van der Waals surface area contributed by atoms with Crippen LogP contribution in [0.25, 0.3) is 11.0 Å². The molecule has 4 aromatic carbocycles. The molecule has 0 radical (unpaired) electrons. The summed E-state index contributed by atoms with van der Waals surface area (Å²) >= 11 is 0. The van der Waals surface area contributed by atoms with Crippen molar-refractivity contribution in [1.29, 1.82) is 0 Å². The molecule has 1 aliphatic carbocycles. The van der Waals surface area contributed by atoms with E-state index in [1.165, 1.54) is 0 Å². The largest absolute Gasteiger partial charge is 0.494 e. The van der Waals surface area contributed by atoms with E-state index in [0.29, 0.717) is 64.7 Å². The number of methoxy groups -OCH3 is 2. The smallest absolute Gasteiger partial charge is 0.182 e. The fraction of sp³-hybridized carbons (Fsp3) is 0.200. The first-order chi connectivity index (χ1) is 23.5. The number of carbonyl (C=O) groups is 2. The summed E-state index contributed by atoms with van der Waals surface area (Å²) in [7, 11) is 3.28. The van der Waals surface area contributed by atoms with Gasteiger partial charge in [0.05, 0.1) is 12.6 Å². The minimum absolute atomic E-state index is 0.122. The Balaban J connectivity index is 1.37. The lowest BCUT2D eigenvalue weighted by molar-refractivity contribution is 0.0794. The number of nitrogens with one attached hydrogen (secondary N) is 1. The summed E-state index contributed by atoms with van der Waals surface area (Å²) in [6, 6.07) is 32.4. The molecule has 0 aliphatic heterocycles. The van der Waals surface area contributed by atoms with Crippen LogP contribution in [0.1, 0.15) is 61.1 Å². The van der Waals surface area contributed by atoms with Crippen LogP contribution in [0.15, 0.2) is 116 Å². The second kappa shape index (κ2) is 13.3. The van der Waals surface area contributed by atoms with E-state index >= 15 is 0 Å². The van der Waals surface area contributed by atoms with Crippen molar-refractivity contribution in [3.63, 3.8) is 0 Å². The molecule has 240 valence electrons. The highest BCUT2D eigenvalue weighted by atomic mass is 16.5. The molecule has 0 saturated heterocycles. The van der Waals surface area contributed by atoms with Gasteiger partial charge in [-0.05, 0) is 65.9 Å². The molecular formula is C40H35N3O5. The van der Waals surface area contributed by atoms with Gasteiger partial charge in [0.1, 0.15) is 34.9 Å². The molecule has 1 aliphatic rings. The average Bonchev–Trinajstić information content (AvgIpc) is 3.66.